The molecule has 0 fully saturated rings. The van der Waals surface area contributed by atoms with Gasteiger partial charge in [0.05, 0.1) is 14.2 Å². The quantitative estimate of drug-likeness (QED) is 0.645. The molecule has 0 saturated carbocycles. The standard InChI is InChI=1S/C21H27N3O4/c1-21(2,20(26)24-14-16-6-5-10-22-13-16)19(25)23-11-9-15-7-8-17(27-3)18(12-15)28-4/h5-8,10,12-13H,9,11,14H2,1-4H3,(H,23,25)(H,24,26). The van der Waals surface area contributed by atoms with Crippen LogP contribution in [0.5, 0.6) is 11.5 Å². The summed E-state index contributed by atoms with van der Waals surface area (Å²) >= 11 is 0. The van der Waals surface area contributed by atoms with E-state index in [4.69, 9.17) is 9.47 Å². The predicted octanol–water partition coefficient (Wildman–Crippen LogP) is 2.10. The van der Waals surface area contributed by atoms with Crippen molar-refractivity contribution < 1.29 is 19.1 Å². The minimum absolute atomic E-state index is 0.323. The minimum atomic E-state index is -1.18. The Labute approximate surface area is 165 Å². The monoisotopic (exact) mass is 385 g/mol. The van der Waals surface area contributed by atoms with E-state index in [2.05, 4.69) is 15.6 Å². The lowest BCUT2D eigenvalue weighted by Gasteiger charge is -2.22. The molecule has 0 atom stereocenters. The highest BCUT2D eigenvalue weighted by Gasteiger charge is 2.35. The van der Waals surface area contributed by atoms with E-state index in [9.17, 15) is 9.59 Å². The summed E-state index contributed by atoms with van der Waals surface area (Å²) < 4.78 is 10.5. The smallest absolute Gasteiger partial charge is 0.235 e. The summed E-state index contributed by atoms with van der Waals surface area (Å²) in [5.74, 6) is 0.639. The zero-order chi connectivity index (χ0) is 20.6. The van der Waals surface area contributed by atoms with Crippen molar-refractivity contribution in [3.63, 3.8) is 0 Å². The van der Waals surface area contributed by atoms with Crippen LogP contribution in [0.15, 0.2) is 42.7 Å². The third-order valence-electron chi connectivity index (χ3n) is 4.46. The number of hydrogen-bond acceptors (Lipinski definition) is 5. The van der Waals surface area contributed by atoms with Gasteiger partial charge in [-0.2, -0.15) is 0 Å². The van der Waals surface area contributed by atoms with Gasteiger partial charge in [0.15, 0.2) is 11.5 Å². The molecule has 0 saturated heterocycles. The summed E-state index contributed by atoms with van der Waals surface area (Å²) in [6.45, 7) is 3.96. The Morgan fingerprint density at radius 3 is 2.36 bits per heavy atom. The van der Waals surface area contributed by atoms with E-state index in [0.29, 0.717) is 31.0 Å². The first-order valence-electron chi connectivity index (χ1n) is 9.05. The van der Waals surface area contributed by atoms with E-state index in [1.54, 1.807) is 46.5 Å². The van der Waals surface area contributed by atoms with Gasteiger partial charge in [-0.25, -0.2) is 0 Å². The fourth-order valence-corrected chi connectivity index (χ4v) is 2.59. The highest BCUT2D eigenvalue weighted by Crippen LogP contribution is 2.27. The number of nitrogens with one attached hydrogen (secondary N) is 2. The molecule has 28 heavy (non-hydrogen) atoms. The van der Waals surface area contributed by atoms with Gasteiger partial charge in [0.2, 0.25) is 11.8 Å². The van der Waals surface area contributed by atoms with Crippen molar-refractivity contribution in [2.75, 3.05) is 20.8 Å². The maximum absolute atomic E-state index is 12.5. The molecular weight excluding hydrogens is 358 g/mol. The number of aromatic nitrogens is 1. The van der Waals surface area contributed by atoms with Gasteiger partial charge in [-0.3, -0.25) is 14.6 Å². The summed E-state index contributed by atoms with van der Waals surface area (Å²) in [4.78, 5) is 29.0. The normalized spacial score (nSPS) is 10.9. The van der Waals surface area contributed by atoms with E-state index in [1.807, 2.05) is 24.3 Å². The molecule has 1 aromatic carbocycles. The summed E-state index contributed by atoms with van der Waals surface area (Å²) in [6.07, 6.45) is 3.96. The molecular formula is C21H27N3O4. The summed E-state index contributed by atoms with van der Waals surface area (Å²) in [6, 6.07) is 9.28. The van der Waals surface area contributed by atoms with Crippen molar-refractivity contribution in [2.45, 2.75) is 26.8 Å². The fourth-order valence-electron chi connectivity index (χ4n) is 2.59. The number of carbonyl (C=O) groups excluding carboxylic acids is 2. The molecule has 0 spiro atoms. The molecule has 150 valence electrons. The highest BCUT2D eigenvalue weighted by molar-refractivity contribution is 6.04. The number of pyridine rings is 1. The fraction of sp³-hybridized carbons (Fsp3) is 0.381. The zero-order valence-electron chi connectivity index (χ0n) is 16.7. The Bertz CT molecular complexity index is 807. The van der Waals surface area contributed by atoms with Crippen LogP contribution in [-0.4, -0.2) is 37.6 Å². The molecule has 1 aromatic heterocycles. The number of ether oxygens (including phenoxy) is 2. The van der Waals surface area contributed by atoms with Gasteiger partial charge in [-0.1, -0.05) is 12.1 Å². The van der Waals surface area contributed by atoms with Crippen LogP contribution < -0.4 is 20.1 Å². The third kappa shape index (κ3) is 5.45. The van der Waals surface area contributed by atoms with Crippen molar-refractivity contribution in [1.82, 2.24) is 15.6 Å². The Balaban J connectivity index is 1.86. The highest BCUT2D eigenvalue weighted by atomic mass is 16.5. The van der Waals surface area contributed by atoms with Gasteiger partial charge >= 0.3 is 0 Å². The predicted molar refractivity (Wildman–Crippen MR) is 106 cm³/mol. The average molecular weight is 385 g/mol. The number of hydrogen-bond donors (Lipinski definition) is 2. The van der Waals surface area contributed by atoms with Crippen LogP contribution in [0.25, 0.3) is 0 Å². The van der Waals surface area contributed by atoms with Gasteiger partial charge in [-0.15, -0.1) is 0 Å². The topological polar surface area (TPSA) is 89.5 Å². The van der Waals surface area contributed by atoms with Crippen LogP contribution in [0.3, 0.4) is 0 Å². The van der Waals surface area contributed by atoms with E-state index in [-0.39, 0.29) is 11.8 Å². The molecule has 2 rings (SSSR count). The van der Waals surface area contributed by atoms with Gasteiger partial charge in [0, 0.05) is 25.5 Å². The van der Waals surface area contributed by atoms with Crippen molar-refractivity contribution >= 4 is 11.8 Å². The largest absolute Gasteiger partial charge is 0.493 e. The lowest BCUT2D eigenvalue weighted by atomic mass is 9.91. The molecule has 7 heteroatoms. The second-order valence-corrected chi connectivity index (χ2v) is 6.86. The molecule has 7 nitrogen and oxygen atoms in total. The Kier molecular flexibility index (Phi) is 7.37. The number of rotatable bonds is 9. The lowest BCUT2D eigenvalue weighted by molar-refractivity contribution is -0.141. The number of amides is 2. The number of benzene rings is 1. The van der Waals surface area contributed by atoms with Crippen LogP contribution >= 0.6 is 0 Å². The second kappa shape index (κ2) is 9.73. The summed E-state index contributed by atoms with van der Waals surface area (Å²) in [5.41, 5.74) is 0.692. The Morgan fingerprint density at radius 2 is 1.71 bits per heavy atom. The van der Waals surface area contributed by atoms with E-state index >= 15 is 0 Å². The van der Waals surface area contributed by atoms with Crippen molar-refractivity contribution in [3.8, 4) is 11.5 Å². The zero-order valence-corrected chi connectivity index (χ0v) is 16.7. The van der Waals surface area contributed by atoms with Crippen molar-refractivity contribution in [2.24, 2.45) is 5.41 Å². The lowest BCUT2D eigenvalue weighted by Crippen LogP contribution is -2.48. The van der Waals surface area contributed by atoms with Crippen LogP contribution in [0.4, 0.5) is 0 Å². The first kappa shape index (κ1) is 21.2. The van der Waals surface area contributed by atoms with Crippen LogP contribution in [-0.2, 0) is 22.6 Å². The molecule has 0 aliphatic heterocycles. The number of nitrogens with zero attached hydrogens (tertiary/aromatic N) is 1. The Morgan fingerprint density at radius 1 is 1.00 bits per heavy atom. The first-order valence-corrected chi connectivity index (χ1v) is 9.05. The summed E-state index contributed by atoms with van der Waals surface area (Å²) in [5, 5.41) is 5.62. The molecule has 0 bridgehead atoms. The van der Waals surface area contributed by atoms with Crippen LogP contribution in [0.2, 0.25) is 0 Å². The van der Waals surface area contributed by atoms with Gasteiger partial charge in [-0.05, 0) is 49.6 Å². The van der Waals surface area contributed by atoms with Crippen LogP contribution in [0, 0.1) is 5.41 Å². The Hall–Kier alpha value is -3.09. The van der Waals surface area contributed by atoms with Gasteiger partial charge in [0.1, 0.15) is 5.41 Å². The minimum Gasteiger partial charge on any atom is -0.493 e. The van der Waals surface area contributed by atoms with E-state index in [0.717, 1.165) is 11.1 Å². The van der Waals surface area contributed by atoms with Crippen molar-refractivity contribution in [1.29, 1.82) is 0 Å². The van der Waals surface area contributed by atoms with E-state index in [1.165, 1.54) is 0 Å². The molecule has 2 aromatic rings. The SMILES string of the molecule is COc1ccc(CCNC(=O)C(C)(C)C(=O)NCc2cccnc2)cc1OC. The number of methoxy groups -OCH3 is 2. The number of carbonyl (C=O) groups is 2. The molecule has 0 aliphatic carbocycles. The average Bonchev–Trinajstić information content (AvgIpc) is 2.72. The maximum atomic E-state index is 12.5. The van der Waals surface area contributed by atoms with Gasteiger partial charge in [0.25, 0.3) is 0 Å². The molecule has 0 unspecified atom stereocenters. The second-order valence-electron chi connectivity index (χ2n) is 6.86. The maximum Gasteiger partial charge on any atom is 0.235 e. The third-order valence-corrected chi connectivity index (χ3v) is 4.46. The van der Waals surface area contributed by atoms with Crippen LogP contribution in [0.1, 0.15) is 25.0 Å². The molecule has 1 heterocycles. The molecule has 0 aliphatic rings. The molecule has 2 amide bonds. The molecule has 2 N–H and O–H groups in total. The summed E-state index contributed by atoms with van der Waals surface area (Å²) in [7, 11) is 3.16. The van der Waals surface area contributed by atoms with Crippen molar-refractivity contribution in [3.05, 3.63) is 53.9 Å². The van der Waals surface area contributed by atoms with Gasteiger partial charge < -0.3 is 20.1 Å². The molecule has 0 radical (unpaired) electrons. The van der Waals surface area contributed by atoms with E-state index < -0.39 is 5.41 Å². The first-order chi connectivity index (χ1) is 13.4.